The fourth-order valence-corrected chi connectivity index (χ4v) is 3.27. The van der Waals surface area contributed by atoms with E-state index in [1.807, 2.05) is 66.4 Å². The van der Waals surface area contributed by atoms with Crippen LogP contribution in [0.1, 0.15) is 31.7 Å². The van der Waals surface area contributed by atoms with E-state index >= 15 is 0 Å². The highest BCUT2D eigenvalue weighted by atomic mass is 127. The zero-order valence-corrected chi connectivity index (χ0v) is 19.8. The van der Waals surface area contributed by atoms with E-state index in [1.165, 1.54) is 0 Å². The number of ether oxygens (including phenoxy) is 1. The standard InChI is InChI=1S/C23H30N4O2.HI/c1-2-24-23(25-15-9-17-27-16-8-14-22(27)28)26-18-19-10-6-7-13-21(19)29-20-11-4-3-5-12-20;/h3-7,10-13H,2,8-9,14-18H2,1H3,(H2,24,25,26);1H. The Kier molecular flexibility index (Phi) is 10.5. The van der Waals surface area contributed by atoms with Crippen molar-refractivity contribution >= 4 is 35.8 Å². The minimum absolute atomic E-state index is 0. The van der Waals surface area contributed by atoms with Gasteiger partial charge in [0.1, 0.15) is 11.5 Å². The molecule has 0 unspecified atom stereocenters. The van der Waals surface area contributed by atoms with E-state index in [2.05, 4.69) is 10.6 Å². The molecule has 162 valence electrons. The zero-order chi connectivity index (χ0) is 20.3. The second-order valence-electron chi connectivity index (χ2n) is 6.98. The Morgan fingerprint density at radius 3 is 2.60 bits per heavy atom. The van der Waals surface area contributed by atoms with E-state index < -0.39 is 0 Å². The van der Waals surface area contributed by atoms with Crippen LogP contribution in [0.5, 0.6) is 11.5 Å². The number of rotatable bonds is 9. The number of aliphatic imine (C=N–C) groups is 1. The quantitative estimate of drug-likeness (QED) is 0.225. The summed E-state index contributed by atoms with van der Waals surface area (Å²) in [5.74, 6) is 2.67. The summed E-state index contributed by atoms with van der Waals surface area (Å²) in [7, 11) is 0. The number of likely N-dealkylation sites (tertiary alicyclic amines) is 1. The Hall–Kier alpha value is -2.29. The molecule has 1 aliphatic rings. The van der Waals surface area contributed by atoms with Crippen molar-refractivity contribution in [3.63, 3.8) is 0 Å². The number of halogens is 1. The highest BCUT2D eigenvalue weighted by Crippen LogP contribution is 2.25. The highest BCUT2D eigenvalue weighted by molar-refractivity contribution is 14.0. The summed E-state index contributed by atoms with van der Waals surface area (Å²) < 4.78 is 6.02. The Balaban J connectivity index is 0.00000320. The third-order valence-electron chi connectivity index (χ3n) is 4.76. The zero-order valence-electron chi connectivity index (χ0n) is 17.5. The molecule has 0 bridgehead atoms. The SMILES string of the molecule is CCNC(=NCc1ccccc1Oc1ccccc1)NCCCN1CCCC1=O.I. The molecule has 30 heavy (non-hydrogen) atoms. The maximum absolute atomic E-state index is 11.7. The van der Waals surface area contributed by atoms with E-state index in [1.54, 1.807) is 0 Å². The Morgan fingerprint density at radius 1 is 1.10 bits per heavy atom. The summed E-state index contributed by atoms with van der Waals surface area (Å²) in [5, 5.41) is 6.64. The van der Waals surface area contributed by atoms with Crippen molar-refractivity contribution in [2.24, 2.45) is 4.99 Å². The first-order chi connectivity index (χ1) is 14.3. The van der Waals surface area contributed by atoms with Crippen molar-refractivity contribution in [2.75, 3.05) is 26.2 Å². The summed E-state index contributed by atoms with van der Waals surface area (Å²) in [6, 6.07) is 17.7. The average molecular weight is 522 g/mol. The van der Waals surface area contributed by atoms with Crippen LogP contribution in [0.4, 0.5) is 0 Å². The molecule has 1 aliphatic heterocycles. The fraction of sp³-hybridized carbons (Fsp3) is 0.391. The third kappa shape index (κ3) is 7.51. The van der Waals surface area contributed by atoms with Gasteiger partial charge >= 0.3 is 0 Å². The topological polar surface area (TPSA) is 66.0 Å². The first-order valence-electron chi connectivity index (χ1n) is 10.4. The minimum Gasteiger partial charge on any atom is -0.457 e. The summed E-state index contributed by atoms with van der Waals surface area (Å²) in [6.45, 7) is 5.83. The van der Waals surface area contributed by atoms with E-state index in [4.69, 9.17) is 9.73 Å². The Bertz CT molecular complexity index is 814. The number of nitrogens with one attached hydrogen (secondary N) is 2. The second kappa shape index (κ2) is 13.1. The van der Waals surface area contributed by atoms with Gasteiger partial charge < -0.3 is 20.3 Å². The number of hydrogen-bond donors (Lipinski definition) is 2. The molecule has 0 aliphatic carbocycles. The van der Waals surface area contributed by atoms with Crippen molar-refractivity contribution in [2.45, 2.75) is 32.7 Å². The lowest BCUT2D eigenvalue weighted by atomic mass is 10.2. The van der Waals surface area contributed by atoms with Crippen molar-refractivity contribution in [1.29, 1.82) is 0 Å². The van der Waals surface area contributed by atoms with Gasteiger partial charge in [-0.2, -0.15) is 0 Å². The number of benzene rings is 2. The lowest BCUT2D eigenvalue weighted by Crippen LogP contribution is -2.39. The lowest BCUT2D eigenvalue weighted by Gasteiger charge is -2.16. The molecule has 7 heteroatoms. The molecule has 1 saturated heterocycles. The molecule has 6 nitrogen and oxygen atoms in total. The third-order valence-corrected chi connectivity index (χ3v) is 4.76. The molecule has 3 rings (SSSR count). The number of amides is 1. The maximum Gasteiger partial charge on any atom is 0.222 e. The molecule has 0 aromatic heterocycles. The Labute approximate surface area is 196 Å². The molecule has 0 spiro atoms. The van der Waals surface area contributed by atoms with Crippen molar-refractivity contribution in [3.05, 3.63) is 60.2 Å². The molecule has 0 atom stereocenters. The van der Waals surface area contributed by atoms with E-state index in [0.717, 1.165) is 62.0 Å². The number of para-hydroxylation sites is 2. The molecular formula is C23H31IN4O2. The van der Waals surface area contributed by atoms with Crippen LogP contribution in [-0.2, 0) is 11.3 Å². The average Bonchev–Trinajstić information content (AvgIpc) is 3.15. The van der Waals surface area contributed by atoms with Gasteiger partial charge in [-0.1, -0.05) is 36.4 Å². The van der Waals surface area contributed by atoms with Crippen molar-refractivity contribution in [1.82, 2.24) is 15.5 Å². The normalized spacial score (nSPS) is 13.7. The summed E-state index contributed by atoms with van der Waals surface area (Å²) in [5.41, 5.74) is 1.02. The summed E-state index contributed by atoms with van der Waals surface area (Å²) in [6.07, 6.45) is 2.59. The van der Waals surface area contributed by atoms with E-state index in [9.17, 15) is 4.79 Å². The Morgan fingerprint density at radius 2 is 1.87 bits per heavy atom. The number of carbonyl (C=O) groups excluding carboxylic acids is 1. The van der Waals surface area contributed by atoms with Crippen LogP contribution in [0.15, 0.2) is 59.6 Å². The van der Waals surface area contributed by atoms with Crippen LogP contribution < -0.4 is 15.4 Å². The summed E-state index contributed by atoms with van der Waals surface area (Å²) in [4.78, 5) is 18.3. The first kappa shape index (κ1) is 24.0. The molecule has 2 aromatic carbocycles. The smallest absolute Gasteiger partial charge is 0.222 e. The van der Waals surface area contributed by atoms with Crippen LogP contribution in [0.3, 0.4) is 0 Å². The largest absolute Gasteiger partial charge is 0.457 e. The molecule has 0 radical (unpaired) electrons. The van der Waals surface area contributed by atoms with Crippen molar-refractivity contribution in [3.8, 4) is 11.5 Å². The van der Waals surface area contributed by atoms with Crippen LogP contribution in [-0.4, -0.2) is 42.9 Å². The fourth-order valence-electron chi connectivity index (χ4n) is 3.27. The van der Waals surface area contributed by atoms with Gasteiger partial charge in [-0.15, -0.1) is 24.0 Å². The van der Waals surface area contributed by atoms with Crippen molar-refractivity contribution < 1.29 is 9.53 Å². The van der Waals surface area contributed by atoms with Gasteiger partial charge in [0.2, 0.25) is 5.91 Å². The predicted octanol–water partition coefficient (Wildman–Crippen LogP) is 4.16. The highest BCUT2D eigenvalue weighted by Gasteiger charge is 2.18. The predicted molar refractivity (Wildman–Crippen MR) is 132 cm³/mol. The van der Waals surface area contributed by atoms with Gasteiger partial charge in [-0.3, -0.25) is 4.79 Å². The van der Waals surface area contributed by atoms with Gasteiger partial charge in [-0.05, 0) is 38.0 Å². The first-order valence-corrected chi connectivity index (χ1v) is 10.4. The molecule has 1 heterocycles. The van der Waals surface area contributed by atoms with Gasteiger partial charge in [0.25, 0.3) is 0 Å². The second-order valence-corrected chi connectivity index (χ2v) is 6.98. The molecular weight excluding hydrogens is 491 g/mol. The molecule has 1 amide bonds. The summed E-state index contributed by atoms with van der Waals surface area (Å²) >= 11 is 0. The van der Waals surface area contributed by atoms with Crippen LogP contribution in [0.2, 0.25) is 0 Å². The molecule has 2 N–H and O–H groups in total. The van der Waals surface area contributed by atoms with Gasteiger partial charge in [-0.25, -0.2) is 4.99 Å². The van der Waals surface area contributed by atoms with Gasteiger partial charge in [0, 0.05) is 38.2 Å². The monoisotopic (exact) mass is 522 g/mol. The van der Waals surface area contributed by atoms with E-state index in [-0.39, 0.29) is 29.9 Å². The number of hydrogen-bond acceptors (Lipinski definition) is 3. The molecule has 2 aromatic rings. The number of carbonyl (C=O) groups is 1. The van der Waals surface area contributed by atoms with Gasteiger partial charge in [0.05, 0.1) is 6.54 Å². The van der Waals surface area contributed by atoms with Crippen LogP contribution in [0.25, 0.3) is 0 Å². The molecule has 1 fully saturated rings. The van der Waals surface area contributed by atoms with Gasteiger partial charge in [0.15, 0.2) is 5.96 Å². The van der Waals surface area contributed by atoms with Crippen LogP contribution >= 0.6 is 24.0 Å². The van der Waals surface area contributed by atoms with Crippen LogP contribution in [0, 0.1) is 0 Å². The minimum atomic E-state index is 0. The lowest BCUT2D eigenvalue weighted by molar-refractivity contribution is -0.127. The molecule has 0 saturated carbocycles. The van der Waals surface area contributed by atoms with E-state index in [0.29, 0.717) is 13.0 Å². The number of guanidine groups is 1. The maximum atomic E-state index is 11.7. The number of nitrogens with zero attached hydrogens (tertiary/aromatic N) is 2.